The molecule has 1 amide bonds. The third-order valence-electron chi connectivity index (χ3n) is 2.07. The van der Waals surface area contributed by atoms with Crippen molar-refractivity contribution < 1.29 is 14.3 Å². The van der Waals surface area contributed by atoms with Crippen molar-refractivity contribution in [2.24, 2.45) is 5.92 Å². The lowest BCUT2D eigenvalue weighted by molar-refractivity contribution is -0.147. The Morgan fingerprint density at radius 1 is 1.47 bits per heavy atom. The van der Waals surface area contributed by atoms with Gasteiger partial charge in [-0.2, -0.15) is 0 Å². The van der Waals surface area contributed by atoms with Gasteiger partial charge in [-0.25, -0.2) is 0 Å². The van der Waals surface area contributed by atoms with Crippen LogP contribution in [0.3, 0.4) is 0 Å². The third-order valence-corrected chi connectivity index (χ3v) is 2.94. The van der Waals surface area contributed by atoms with E-state index in [1.807, 2.05) is 11.4 Å². The summed E-state index contributed by atoms with van der Waals surface area (Å²) in [6, 6.07) is 3.61. The van der Waals surface area contributed by atoms with Gasteiger partial charge in [0.1, 0.15) is 0 Å². The van der Waals surface area contributed by atoms with Gasteiger partial charge in [0.25, 0.3) is 5.91 Å². The lowest BCUT2D eigenvalue weighted by atomic mass is 10.2. The van der Waals surface area contributed by atoms with Gasteiger partial charge in [-0.15, -0.1) is 11.3 Å². The van der Waals surface area contributed by atoms with E-state index in [0.29, 0.717) is 24.4 Å². The first-order valence-electron chi connectivity index (χ1n) is 5.59. The summed E-state index contributed by atoms with van der Waals surface area (Å²) in [5, 5.41) is 4.63. The zero-order valence-electron chi connectivity index (χ0n) is 10.1. The first-order valence-corrected chi connectivity index (χ1v) is 6.47. The van der Waals surface area contributed by atoms with Gasteiger partial charge in [0, 0.05) is 6.54 Å². The molecular weight excluding hydrogens is 238 g/mol. The molecule has 0 bridgehead atoms. The number of hydrogen-bond donors (Lipinski definition) is 1. The van der Waals surface area contributed by atoms with E-state index < -0.39 is 0 Å². The molecule has 0 spiro atoms. The summed E-state index contributed by atoms with van der Waals surface area (Å²) in [7, 11) is 0. The highest BCUT2D eigenvalue weighted by atomic mass is 32.1. The van der Waals surface area contributed by atoms with E-state index in [4.69, 9.17) is 4.74 Å². The molecular formula is C12H17NO3S. The highest BCUT2D eigenvalue weighted by Crippen LogP contribution is 2.07. The van der Waals surface area contributed by atoms with Crippen LogP contribution in [-0.4, -0.2) is 25.0 Å². The standard InChI is InChI=1S/C12H17NO3S/c1-9(2)12(15)16-7-4-6-13-11(14)10-5-3-8-17-10/h3,5,8-9H,4,6-7H2,1-2H3,(H,13,14). The SMILES string of the molecule is CC(C)C(=O)OCCCNC(=O)c1cccs1. The molecule has 0 unspecified atom stereocenters. The molecule has 1 aromatic heterocycles. The van der Waals surface area contributed by atoms with Gasteiger partial charge in [-0.3, -0.25) is 9.59 Å². The molecule has 0 atom stereocenters. The molecule has 0 saturated heterocycles. The number of thiophene rings is 1. The Morgan fingerprint density at radius 2 is 2.24 bits per heavy atom. The lowest BCUT2D eigenvalue weighted by Crippen LogP contribution is -2.25. The number of rotatable bonds is 6. The predicted molar refractivity (Wildman–Crippen MR) is 67.1 cm³/mol. The second-order valence-corrected chi connectivity index (χ2v) is 4.86. The molecule has 0 aliphatic rings. The molecule has 0 fully saturated rings. The zero-order chi connectivity index (χ0) is 12.7. The van der Waals surface area contributed by atoms with E-state index in [1.54, 1.807) is 19.9 Å². The minimum Gasteiger partial charge on any atom is -0.465 e. The van der Waals surface area contributed by atoms with Crippen LogP contribution >= 0.6 is 11.3 Å². The van der Waals surface area contributed by atoms with Crippen molar-refractivity contribution >= 4 is 23.2 Å². The largest absolute Gasteiger partial charge is 0.465 e. The zero-order valence-corrected chi connectivity index (χ0v) is 10.9. The Balaban J connectivity index is 2.09. The number of hydrogen-bond acceptors (Lipinski definition) is 4. The van der Waals surface area contributed by atoms with Gasteiger partial charge in [0.2, 0.25) is 0 Å². The Bertz CT molecular complexity index is 360. The fourth-order valence-corrected chi connectivity index (χ4v) is 1.75. The molecule has 94 valence electrons. The van der Waals surface area contributed by atoms with Gasteiger partial charge in [-0.1, -0.05) is 19.9 Å². The molecule has 1 N–H and O–H groups in total. The van der Waals surface area contributed by atoms with Gasteiger partial charge in [0.15, 0.2) is 0 Å². The molecule has 0 aliphatic carbocycles. The van der Waals surface area contributed by atoms with Crippen LogP contribution in [0.15, 0.2) is 17.5 Å². The summed E-state index contributed by atoms with van der Waals surface area (Å²) in [5.74, 6) is -0.375. The van der Waals surface area contributed by atoms with Crippen molar-refractivity contribution in [3.05, 3.63) is 22.4 Å². The highest BCUT2D eigenvalue weighted by Gasteiger charge is 2.08. The molecule has 1 rings (SSSR count). The van der Waals surface area contributed by atoms with Crippen LogP contribution in [0.25, 0.3) is 0 Å². The predicted octanol–water partition coefficient (Wildman–Crippen LogP) is 2.07. The topological polar surface area (TPSA) is 55.4 Å². The van der Waals surface area contributed by atoms with Crippen LogP contribution in [0.1, 0.15) is 29.9 Å². The van der Waals surface area contributed by atoms with E-state index in [9.17, 15) is 9.59 Å². The van der Waals surface area contributed by atoms with Crippen LogP contribution in [0, 0.1) is 5.92 Å². The fourth-order valence-electron chi connectivity index (χ4n) is 1.11. The van der Waals surface area contributed by atoms with E-state index >= 15 is 0 Å². The molecule has 4 nitrogen and oxygen atoms in total. The third kappa shape index (κ3) is 4.99. The number of carbonyl (C=O) groups excluding carboxylic acids is 2. The van der Waals surface area contributed by atoms with Crippen LogP contribution in [-0.2, 0) is 9.53 Å². The van der Waals surface area contributed by atoms with Crippen molar-refractivity contribution in [2.45, 2.75) is 20.3 Å². The summed E-state index contributed by atoms with van der Waals surface area (Å²) in [6.45, 7) is 4.45. The molecule has 0 radical (unpaired) electrons. The van der Waals surface area contributed by atoms with E-state index in [2.05, 4.69) is 5.32 Å². The molecule has 1 aromatic rings. The number of ether oxygens (including phenoxy) is 1. The molecule has 0 saturated carbocycles. The van der Waals surface area contributed by atoms with Gasteiger partial charge in [-0.05, 0) is 17.9 Å². The Hall–Kier alpha value is -1.36. The van der Waals surface area contributed by atoms with Crippen LogP contribution in [0.4, 0.5) is 0 Å². The summed E-state index contributed by atoms with van der Waals surface area (Å²) in [6.07, 6.45) is 0.634. The monoisotopic (exact) mass is 255 g/mol. The second-order valence-electron chi connectivity index (χ2n) is 3.91. The lowest BCUT2D eigenvalue weighted by Gasteiger charge is -2.07. The van der Waals surface area contributed by atoms with Gasteiger partial charge in [0.05, 0.1) is 17.4 Å². The number of nitrogens with one attached hydrogen (secondary N) is 1. The van der Waals surface area contributed by atoms with Crippen molar-refractivity contribution in [3.63, 3.8) is 0 Å². The van der Waals surface area contributed by atoms with Crippen molar-refractivity contribution in [1.29, 1.82) is 0 Å². The average molecular weight is 255 g/mol. The second kappa shape index (κ2) is 7.06. The maximum Gasteiger partial charge on any atom is 0.308 e. The smallest absolute Gasteiger partial charge is 0.308 e. The summed E-state index contributed by atoms with van der Waals surface area (Å²) in [4.78, 5) is 23.3. The molecule has 0 aliphatic heterocycles. The Labute approximate surface area is 105 Å². The normalized spacial score (nSPS) is 10.3. The molecule has 17 heavy (non-hydrogen) atoms. The Morgan fingerprint density at radius 3 is 2.82 bits per heavy atom. The minimum absolute atomic E-state index is 0.0739. The minimum atomic E-state index is -0.199. The van der Waals surface area contributed by atoms with Gasteiger partial charge < -0.3 is 10.1 Å². The van der Waals surface area contributed by atoms with E-state index in [0.717, 1.165) is 0 Å². The number of carbonyl (C=O) groups is 2. The maximum absolute atomic E-state index is 11.5. The molecule has 5 heteroatoms. The highest BCUT2D eigenvalue weighted by molar-refractivity contribution is 7.12. The average Bonchev–Trinajstić information content (AvgIpc) is 2.81. The first kappa shape index (κ1) is 13.7. The molecule has 1 heterocycles. The van der Waals surface area contributed by atoms with Crippen LogP contribution in [0.2, 0.25) is 0 Å². The number of amides is 1. The van der Waals surface area contributed by atoms with Crippen LogP contribution in [0.5, 0.6) is 0 Å². The van der Waals surface area contributed by atoms with Crippen molar-refractivity contribution in [2.75, 3.05) is 13.2 Å². The van der Waals surface area contributed by atoms with Crippen molar-refractivity contribution in [1.82, 2.24) is 5.32 Å². The van der Waals surface area contributed by atoms with Crippen LogP contribution < -0.4 is 5.32 Å². The Kier molecular flexibility index (Phi) is 5.69. The molecule has 0 aromatic carbocycles. The number of esters is 1. The summed E-state index contributed by atoms with van der Waals surface area (Å²) < 4.78 is 4.99. The summed E-state index contributed by atoms with van der Waals surface area (Å²) >= 11 is 1.41. The van der Waals surface area contributed by atoms with E-state index in [-0.39, 0.29) is 17.8 Å². The van der Waals surface area contributed by atoms with Gasteiger partial charge >= 0.3 is 5.97 Å². The maximum atomic E-state index is 11.5. The van der Waals surface area contributed by atoms with E-state index in [1.165, 1.54) is 11.3 Å². The first-order chi connectivity index (χ1) is 8.11. The fraction of sp³-hybridized carbons (Fsp3) is 0.500. The van der Waals surface area contributed by atoms with Crippen molar-refractivity contribution in [3.8, 4) is 0 Å². The summed E-state index contributed by atoms with van der Waals surface area (Å²) in [5.41, 5.74) is 0. The quantitative estimate of drug-likeness (QED) is 0.625.